The Morgan fingerprint density at radius 2 is 2.00 bits per heavy atom. The number of benzene rings is 1. The Morgan fingerprint density at radius 1 is 1.23 bits per heavy atom. The summed E-state index contributed by atoms with van der Waals surface area (Å²) in [6, 6.07) is 5.06. The van der Waals surface area contributed by atoms with Crippen molar-refractivity contribution in [2.75, 3.05) is 23.3 Å². The van der Waals surface area contributed by atoms with Crippen LogP contribution in [-0.2, 0) is 6.18 Å². The molecular weight excluding hydrogens is 348 g/mol. The Morgan fingerprint density at radius 3 is 2.65 bits per heavy atom. The molecule has 1 saturated heterocycles. The molecule has 1 aromatic carbocycles. The lowest BCUT2D eigenvalue weighted by Crippen LogP contribution is -2.49. The first-order valence-corrected chi connectivity index (χ1v) is 8.17. The average molecular weight is 364 g/mol. The predicted molar refractivity (Wildman–Crippen MR) is 91.1 cm³/mol. The molecule has 0 spiro atoms. The molecule has 0 saturated carbocycles. The Hall–Kier alpha value is -2.61. The van der Waals surface area contributed by atoms with E-state index < -0.39 is 17.6 Å². The largest absolute Gasteiger partial charge is 0.419 e. The number of fused-ring (bicyclic) bond motifs is 1. The van der Waals surface area contributed by atoms with Crippen LogP contribution in [0.2, 0.25) is 0 Å². The Balaban J connectivity index is 1.70. The second-order valence-electron chi connectivity index (χ2n) is 6.41. The van der Waals surface area contributed by atoms with Gasteiger partial charge in [0, 0.05) is 24.3 Å². The van der Waals surface area contributed by atoms with Gasteiger partial charge < -0.3 is 15.5 Å². The first kappa shape index (κ1) is 16.8. The van der Waals surface area contributed by atoms with E-state index >= 15 is 0 Å². The van der Waals surface area contributed by atoms with E-state index in [0.717, 1.165) is 30.8 Å². The van der Waals surface area contributed by atoms with Crippen LogP contribution in [-0.4, -0.2) is 24.1 Å². The number of nitrogens with one attached hydrogen (secondary N) is 2. The van der Waals surface area contributed by atoms with Crippen LogP contribution in [0.15, 0.2) is 42.9 Å². The molecule has 0 bridgehead atoms. The van der Waals surface area contributed by atoms with Gasteiger partial charge in [-0.3, -0.25) is 0 Å². The van der Waals surface area contributed by atoms with E-state index in [1.54, 1.807) is 6.07 Å². The van der Waals surface area contributed by atoms with Crippen LogP contribution < -0.4 is 15.5 Å². The fourth-order valence-electron chi connectivity index (χ4n) is 3.12. The second-order valence-corrected chi connectivity index (χ2v) is 6.41. The molecule has 26 heavy (non-hydrogen) atoms. The molecule has 1 aromatic heterocycles. The highest BCUT2D eigenvalue weighted by Gasteiger charge is 2.34. The highest BCUT2D eigenvalue weighted by molar-refractivity contribution is 5.82. The van der Waals surface area contributed by atoms with Crippen molar-refractivity contribution in [3.05, 3.63) is 54.2 Å². The normalized spacial score (nSPS) is 19.2. The zero-order valence-electron chi connectivity index (χ0n) is 13.7. The first-order chi connectivity index (χ1) is 12.3. The third-order valence-corrected chi connectivity index (χ3v) is 4.68. The number of pyridine rings is 1. The number of anilines is 2. The topological polar surface area (TPSA) is 40.2 Å². The lowest BCUT2D eigenvalue weighted by atomic mass is 10.0. The van der Waals surface area contributed by atoms with E-state index in [0.29, 0.717) is 29.8 Å². The highest BCUT2D eigenvalue weighted by atomic mass is 19.4. The molecule has 0 aliphatic carbocycles. The Labute approximate surface area is 147 Å². The molecular formula is C18H16F4N4. The number of rotatable bonds is 3. The van der Waals surface area contributed by atoms with Gasteiger partial charge in [0.2, 0.25) is 0 Å². The van der Waals surface area contributed by atoms with Crippen LogP contribution in [0, 0.1) is 5.82 Å². The van der Waals surface area contributed by atoms with Crippen LogP contribution in [0.25, 0.3) is 11.1 Å². The SMILES string of the molecule is C=C1Nc2ncc(-c3ccc(F)c(C(F)(F)F)c3)cc2N1CC1CCN1. The molecule has 2 aliphatic heterocycles. The summed E-state index contributed by atoms with van der Waals surface area (Å²) in [4.78, 5) is 6.25. The molecule has 1 fully saturated rings. The highest BCUT2D eigenvalue weighted by Crippen LogP contribution is 2.39. The fourth-order valence-corrected chi connectivity index (χ4v) is 3.12. The molecule has 3 heterocycles. The van der Waals surface area contributed by atoms with Gasteiger partial charge >= 0.3 is 6.18 Å². The van der Waals surface area contributed by atoms with Gasteiger partial charge in [-0.1, -0.05) is 12.6 Å². The molecule has 4 rings (SSSR count). The van der Waals surface area contributed by atoms with Gasteiger partial charge in [-0.25, -0.2) is 9.37 Å². The van der Waals surface area contributed by atoms with E-state index in [1.807, 2.05) is 4.90 Å². The van der Waals surface area contributed by atoms with Crippen molar-refractivity contribution in [2.24, 2.45) is 0 Å². The molecule has 136 valence electrons. The number of hydrogen-bond donors (Lipinski definition) is 2. The maximum atomic E-state index is 13.5. The number of alkyl halides is 3. The molecule has 1 unspecified atom stereocenters. The Kier molecular flexibility index (Phi) is 3.87. The monoisotopic (exact) mass is 364 g/mol. The van der Waals surface area contributed by atoms with Crippen LogP contribution in [0.1, 0.15) is 12.0 Å². The van der Waals surface area contributed by atoms with Gasteiger partial charge in [0.05, 0.1) is 11.3 Å². The van der Waals surface area contributed by atoms with E-state index in [4.69, 9.17) is 0 Å². The minimum atomic E-state index is -4.75. The zero-order chi connectivity index (χ0) is 18.5. The zero-order valence-corrected chi connectivity index (χ0v) is 13.7. The number of halogens is 4. The number of hydrogen-bond acceptors (Lipinski definition) is 4. The van der Waals surface area contributed by atoms with Crippen LogP contribution in [0.5, 0.6) is 0 Å². The molecule has 8 heteroatoms. The van der Waals surface area contributed by atoms with Crippen molar-refractivity contribution in [1.29, 1.82) is 0 Å². The van der Waals surface area contributed by atoms with Crippen LogP contribution >= 0.6 is 0 Å². The maximum absolute atomic E-state index is 13.5. The van der Waals surface area contributed by atoms with E-state index in [1.165, 1.54) is 12.3 Å². The molecule has 0 radical (unpaired) electrons. The van der Waals surface area contributed by atoms with Gasteiger partial charge in [0.15, 0.2) is 5.82 Å². The third-order valence-electron chi connectivity index (χ3n) is 4.68. The van der Waals surface area contributed by atoms with E-state index in [-0.39, 0.29) is 5.56 Å². The van der Waals surface area contributed by atoms with Gasteiger partial charge in [-0.15, -0.1) is 0 Å². The number of nitrogens with zero attached hydrogens (tertiary/aromatic N) is 2. The minimum Gasteiger partial charge on any atom is -0.325 e. The van der Waals surface area contributed by atoms with E-state index in [2.05, 4.69) is 22.2 Å². The van der Waals surface area contributed by atoms with Gasteiger partial charge in [0.25, 0.3) is 0 Å². The van der Waals surface area contributed by atoms with Gasteiger partial charge in [0.1, 0.15) is 11.6 Å². The fraction of sp³-hybridized carbons (Fsp3) is 0.278. The van der Waals surface area contributed by atoms with Crippen LogP contribution in [0.4, 0.5) is 29.1 Å². The summed E-state index contributed by atoms with van der Waals surface area (Å²) >= 11 is 0. The summed E-state index contributed by atoms with van der Waals surface area (Å²) in [7, 11) is 0. The van der Waals surface area contributed by atoms with Gasteiger partial charge in [-0.05, 0) is 36.7 Å². The third kappa shape index (κ3) is 2.90. The van der Waals surface area contributed by atoms with Crippen LogP contribution in [0.3, 0.4) is 0 Å². The summed E-state index contributed by atoms with van der Waals surface area (Å²) in [6.07, 6.45) is -2.22. The molecule has 2 aromatic rings. The lowest BCUT2D eigenvalue weighted by Gasteiger charge is -2.32. The lowest BCUT2D eigenvalue weighted by molar-refractivity contribution is -0.139. The first-order valence-electron chi connectivity index (χ1n) is 8.17. The summed E-state index contributed by atoms with van der Waals surface area (Å²) < 4.78 is 52.5. The van der Waals surface area contributed by atoms with Crippen molar-refractivity contribution in [1.82, 2.24) is 10.3 Å². The second kappa shape index (κ2) is 5.98. The smallest absolute Gasteiger partial charge is 0.325 e. The molecule has 1 atom stereocenters. The minimum absolute atomic E-state index is 0.258. The van der Waals surface area contributed by atoms with Gasteiger partial charge in [-0.2, -0.15) is 13.2 Å². The van der Waals surface area contributed by atoms with Crippen molar-refractivity contribution in [2.45, 2.75) is 18.6 Å². The summed E-state index contributed by atoms with van der Waals surface area (Å²) in [5.74, 6) is -0.00670. The van der Waals surface area contributed by atoms with E-state index in [9.17, 15) is 17.6 Å². The molecule has 4 nitrogen and oxygen atoms in total. The molecule has 0 amide bonds. The summed E-state index contributed by atoms with van der Waals surface area (Å²) in [5, 5.41) is 6.38. The standard InChI is InChI=1S/C18H16F4N4/c1-10-25-17-16(26(10)9-13-4-5-23-13)7-12(8-24-17)11-2-3-15(19)14(6-11)18(20,21)22/h2-3,6-8,13,23H,1,4-5,9H2,(H,24,25). The average Bonchev–Trinajstić information content (AvgIpc) is 2.85. The summed E-state index contributed by atoms with van der Waals surface area (Å²) in [6.45, 7) is 5.64. The van der Waals surface area contributed by atoms with Crippen molar-refractivity contribution in [3.63, 3.8) is 0 Å². The molecule has 2 aliphatic rings. The summed E-state index contributed by atoms with van der Waals surface area (Å²) in [5.41, 5.74) is 0.207. The number of aromatic nitrogens is 1. The Bertz CT molecular complexity index is 874. The van der Waals surface area contributed by atoms with Crippen molar-refractivity contribution in [3.8, 4) is 11.1 Å². The molecule has 2 N–H and O–H groups in total. The maximum Gasteiger partial charge on any atom is 0.419 e. The van der Waals surface area contributed by atoms with Crippen molar-refractivity contribution < 1.29 is 17.6 Å². The van der Waals surface area contributed by atoms with Crippen molar-refractivity contribution >= 4 is 11.5 Å². The quantitative estimate of drug-likeness (QED) is 0.809. The predicted octanol–water partition coefficient (Wildman–Crippen LogP) is 3.97.